The lowest BCUT2D eigenvalue weighted by atomic mass is 10.0. The molecule has 0 rings (SSSR count). The molecule has 0 heteroatoms. The van der Waals surface area contributed by atoms with Crippen LogP contribution in [0.25, 0.3) is 0 Å². The molecule has 0 nitrogen and oxygen atoms in total. The normalized spacial score (nSPS) is 11.1. The molecule has 0 atom stereocenters. The van der Waals surface area contributed by atoms with Gasteiger partial charge in [-0.05, 0) is 18.9 Å². The first-order valence-electron chi connectivity index (χ1n) is 15.8. The first-order chi connectivity index (χ1) is 16.4. The van der Waals surface area contributed by atoms with Crippen LogP contribution in [0.3, 0.4) is 0 Å². The van der Waals surface area contributed by atoms with Crippen LogP contribution < -0.4 is 0 Å². The number of rotatable bonds is 29. The molecule has 0 spiro atoms. The highest BCUT2D eigenvalue weighted by atomic mass is 14.0. The number of hydrogen-bond acceptors (Lipinski definition) is 0. The van der Waals surface area contributed by atoms with Gasteiger partial charge in [0.15, 0.2) is 0 Å². The van der Waals surface area contributed by atoms with Crippen molar-refractivity contribution in [3.05, 3.63) is 18.4 Å². The van der Waals surface area contributed by atoms with Gasteiger partial charge in [-0.3, -0.25) is 0 Å². The zero-order valence-corrected chi connectivity index (χ0v) is 23.3. The largest absolute Gasteiger partial charge is 0.133 e. The Kier molecular flexibility index (Phi) is 31.1. The number of allylic oxidation sites excluding steroid dienone is 1. The van der Waals surface area contributed by atoms with Crippen molar-refractivity contribution in [1.82, 2.24) is 0 Å². The van der Waals surface area contributed by atoms with Crippen LogP contribution in [0.5, 0.6) is 0 Å². The van der Waals surface area contributed by atoms with Gasteiger partial charge in [-0.2, -0.15) is 0 Å². The minimum Gasteiger partial charge on any atom is -0.133 e. The maximum atomic E-state index is 3.62. The van der Waals surface area contributed by atoms with E-state index in [-0.39, 0.29) is 0 Å². The second kappa shape index (κ2) is 31.5. The van der Waals surface area contributed by atoms with Crippen LogP contribution >= 0.6 is 0 Å². The molecular weight excluding hydrogens is 396 g/mol. The van der Waals surface area contributed by atoms with Crippen LogP contribution in [-0.2, 0) is 0 Å². The summed E-state index contributed by atoms with van der Waals surface area (Å²) in [6, 6.07) is 0. The van der Waals surface area contributed by atoms with Gasteiger partial charge in [0, 0.05) is 0 Å². The molecular formula is C33H64. The van der Waals surface area contributed by atoms with Gasteiger partial charge < -0.3 is 0 Å². The summed E-state index contributed by atoms with van der Waals surface area (Å²) in [5, 5.41) is 0. The predicted octanol–water partition coefficient (Wildman–Crippen LogP) is 12.7. The summed E-state index contributed by atoms with van der Waals surface area (Å²) < 4.78 is 0. The fourth-order valence-electron chi connectivity index (χ4n) is 5.02. The molecule has 0 aliphatic heterocycles. The first-order valence-corrected chi connectivity index (χ1v) is 15.8. The van der Waals surface area contributed by atoms with Gasteiger partial charge in [0.1, 0.15) is 0 Å². The molecule has 0 aliphatic carbocycles. The molecule has 0 aromatic rings. The van der Waals surface area contributed by atoms with Gasteiger partial charge in [0.05, 0.1) is 0 Å². The van der Waals surface area contributed by atoms with E-state index < -0.39 is 0 Å². The third-order valence-electron chi connectivity index (χ3n) is 7.35. The molecule has 196 valence electrons. The van der Waals surface area contributed by atoms with Crippen molar-refractivity contribution in [2.24, 2.45) is 0 Å². The predicted molar refractivity (Wildman–Crippen MR) is 153 cm³/mol. The van der Waals surface area contributed by atoms with Crippen LogP contribution in [0.2, 0.25) is 0 Å². The molecule has 0 heterocycles. The summed E-state index contributed by atoms with van der Waals surface area (Å²) in [5.41, 5.74) is 2.86. The Morgan fingerprint density at radius 1 is 0.364 bits per heavy atom. The molecule has 0 radical (unpaired) electrons. The van der Waals surface area contributed by atoms with Crippen molar-refractivity contribution >= 4 is 0 Å². The number of hydrogen-bond donors (Lipinski definition) is 0. The lowest BCUT2D eigenvalue weighted by Crippen LogP contribution is -1.85. The average Bonchev–Trinajstić information content (AvgIpc) is 2.83. The molecule has 0 fully saturated rings. The Balaban J connectivity index is 3.01. The maximum absolute atomic E-state index is 3.62. The standard InChI is InChI=1S/C33H64/c1-3-5-7-9-11-13-15-17-19-21-23-25-27-29-31-33-32-30-28-26-24-22-20-18-16-14-12-10-8-6-4-2/h5H,1,4,6-33H2,2H3. The molecule has 0 aliphatic rings. The fraction of sp³-hybridized carbons (Fsp3) is 0.909. The van der Waals surface area contributed by atoms with E-state index in [9.17, 15) is 0 Å². The highest BCUT2D eigenvalue weighted by molar-refractivity contribution is 4.74. The molecule has 0 aromatic heterocycles. The van der Waals surface area contributed by atoms with Crippen LogP contribution in [0.15, 0.2) is 18.4 Å². The van der Waals surface area contributed by atoms with E-state index in [1.165, 1.54) is 186 Å². The Labute approximate surface area is 211 Å². The van der Waals surface area contributed by atoms with Crippen LogP contribution in [0, 0.1) is 0 Å². The maximum Gasteiger partial charge on any atom is -0.0275 e. The van der Waals surface area contributed by atoms with E-state index in [2.05, 4.69) is 25.3 Å². The summed E-state index contributed by atoms with van der Waals surface area (Å²) in [6.45, 7) is 5.92. The zero-order valence-electron chi connectivity index (χ0n) is 23.3. The van der Waals surface area contributed by atoms with E-state index in [1.54, 1.807) is 0 Å². The van der Waals surface area contributed by atoms with Gasteiger partial charge in [0.25, 0.3) is 0 Å². The van der Waals surface area contributed by atoms with E-state index in [4.69, 9.17) is 0 Å². The average molecular weight is 461 g/mol. The zero-order chi connectivity index (χ0) is 23.9. The molecule has 0 saturated heterocycles. The Morgan fingerprint density at radius 2 is 0.576 bits per heavy atom. The second-order valence-electron chi connectivity index (χ2n) is 10.7. The quantitative estimate of drug-likeness (QED) is 0.0768. The lowest BCUT2D eigenvalue weighted by molar-refractivity contribution is 0.514. The van der Waals surface area contributed by atoms with Crippen LogP contribution in [-0.4, -0.2) is 0 Å². The smallest absolute Gasteiger partial charge is 0.0275 e. The van der Waals surface area contributed by atoms with Crippen molar-refractivity contribution in [2.75, 3.05) is 0 Å². The SMILES string of the molecule is C=C=CCCCCCCCCCCCCCCCCCCCCCCCCCCCCCC. The van der Waals surface area contributed by atoms with E-state index in [0.29, 0.717) is 0 Å². The van der Waals surface area contributed by atoms with Crippen molar-refractivity contribution in [1.29, 1.82) is 0 Å². The fourth-order valence-corrected chi connectivity index (χ4v) is 5.02. The minimum absolute atomic E-state index is 1.17. The Bertz CT molecular complexity index is 375. The Hall–Kier alpha value is -0.480. The first kappa shape index (κ1) is 32.5. The van der Waals surface area contributed by atoms with Gasteiger partial charge in [-0.25, -0.2) is 0 Å². The second-order valence-corrected chi connectivity index (χ2v) is 10.7. The van der Waals surface area contributed by atoms with Gasteiger partial charge in [0.2, 0.25) is 0 Å². The molecule has 0 amide bonds. The third kappa shape index (κ3) is 31.5. The summed E-state index contributed by atoms with van der Waals surface area (Å²) in [5.74, 6) is 0. The van der Waals surface area contributed by atoms with Gasteiger partial charge in [-0.1, -0.05) is 187 Å². The third-order valence-corrected chi connectivity index (χ3v) is 7.35. The highest BCUT2D eigenvalue weighted by Crippen LogP contribution is 2.16. The monoisotopic (exact) mass is 461 g/mol. The summed E-state index contributed by atoms with van der Waals surface area (Å²) >= 11 is 0. The summed E-state index contributed by atoms with van der Waals surface area (Å²) in [6.07, 6.45) is 44.2. The lowest BCUT2D eigenvalue weighted by Gasteiger charge is -2.04. The number of unbranched alkanes of at least 4 members (excludes halogenated alkanes) is 28. The molecule has 33 heavy (non-hydrogen) atoms. The van der Waals surface area contributed by atoms with Crippen molar-refractivity contribution < 1.29 is 0 Å². The molecule has 0 aromatic carbocycles. The summed E-state index contributed by atoms with van der Waals surface area (Å²) in [7, 11) is 0. The van der Waals surface area contributed by atoms with Gasteiger partial charge in [-0.15, -0.1) is 5.73 Å². The van der Waals surface area contributed by atoms with Gasteiger partial charge >= 0.3 is 0 Å². The highest BCUT2D eigenvalue weighted by Gasteiger charge is 1.96. The van der Waals surface area contributed by atoms with Crippen LogP contribution in [0.1, 0.15) is 193 Å². The van der Waals surface area contributed by atoms with E-state index in [0.717, 1.165) is 0 Å². The minimum atomic E-state index is 1.17. The molecule has 0 N–H and O–H groups in total. The van der Waals surface area contributed by atoms with Crippen molar-refractivity contribution in [3.63, 3.8) is 0 Å². The van der Waals surface area contributed by atoms with Crippen LogP contribution in [0.4, 0.5) is 0 Å². The molecule has 0 bridgehead atoms. The topological polar surface area (TPSA) is 0 Å². The molecule has 0 saturated carbocycles. The Morgan fingerprint density at radius 3 is 0.788 bits per heavy atom. The summed E-state index contributed by atoms with van der Waals surface area (Å²) in [4.78, 5) is 0. The molecule has 0 unspecified atom stereocenters. The van der Waals surface area contributed by atoms with Crippen molar-refractivity contribution in [3.8, 4) is 0 Å². The van der Waals surface area contributed by atoms with E-state index >= 15 is 0 Å². The van der Waals surface area contributed by atoms with Crippen molar-refractivity contribution in [2.45, 2.75) is 193 Å². The van der Waals surface area contributed by atoms with E-state index in [1.807, 2.05) is 0 Å².